The number of nitrogens with zero attached hydrogens (tertiary/aromatic N) is 1. The molecule has 1 aromatic carbocycles. The minimum Gasteiger partial charge on any atom is -0.295 e. The Morgan fingerprint density at radius 2 is 2.00 bits per heavy atom. The fourth-order valence-corrected chi connectivity index (χ4v) is 2.02. The zero-order valence-corrected chi connectivity index (χ0v) is 9.19. The second-order valence-electron chi connectivity index (χ2n) is 2.73. The molecule has 1 heterocycles. The number of nitrogens with one attached hydrogen (secondary N) is 2. The van der Waals surface area contributed by atoms with Crippen molar-refractivity contribution in [1.82, 2.24) is 15.2 Å². The number of rotatable bonds is 2. The van der Waals surface area contributed by atoms with E-state index in [4.69, 9.17) is 12.2 Å². The Labute approximate surface area is 94.8 Å². The van der Waals surface area contributed by atoms with Crippen molar-refractivity contribution in [2.75, 3.05) is 0 Å². The van der Waals surface area contributed by atoms with Crippen LogP contribution in [0.1, 0.15) is 0 Å². The first kappa shape index (κ1) is 10.1. The first-order valence-corrected chi connectivity index (χ1v) is 5.40. The molecule has 0 aliphatic heterocycles. The van der Waals surface area contributed by atoms with Crippen LogP contribution in [0.25, 0.3) is 0 Å². The largest absolute Gasteiger partial charge is 0.340 e. The molecule has 15 heavy (non-hydrogen) atoms. The number of H-pyrrole nitrogens is 2. The van der Waals surface area contributed by atoms with Crippen LogP contribution in [0.2, 0.25) is 0 Å². The number of aromatic amines is 2. The van der Waals surface area contributed by atoms with Crippen molar-refractivity contribution in [3.63, 3.8) is 0 Å². The van der Waals surface area contributed by atoms with Gasteiger partial charge >= 0.3 is 5.69 Å². The summed E-state index contributed by atoms with van der Waals surface area (Å²) in [4.78, 5) is 14.3. The van der Waals surface area contributed by atoms with Crippen molar-refractivity contribution >= 4 is 24.0 Å². The van der Waals surface area contributed by atoms with Crippen molar-refractivity contribution in [1.29, 1.82) is 0 Å². The summed E-state index contributed by atoms with van der Waals surface area (Å²) in [5.41, 5.74) is -0.391. The van der Waals surface area contributed by atoms with Gasteiger partial charge in [0.2, 0.25) is 0 Å². The van der Waals surface area contributed by atoms with Gasteiger partial charge in [0.05, 0.1) is 0 Å². The summed E-state index contributed by atoms with van der Waals surface area (Å²) < 4.78 is 0.354. The van der Waals surface area contributed by atoms with Crippen LogP contribution >= 0.6 is 24.0 Å². The predicted octanol–water partition coefficient (Wildman–Crippen LogP) is 1.98. The summed E-state index contributed by atoms with van der Waals surface area (Å²) in [7, 11) is 0. The van der Waals surface area contributed by atoms with E-state index >= 15 is 0 Å². The fourth-order valence-electron chi connectivity index (χ4n) is 1.01. The molecule has 0 radical (unpaired) electrons. The summed E-state index contributed by atoms with van der Waals surface area (Å²) in [6, 6.07) is 9.70. The molecule has 0 aliphatic rings. The third-order valence-corrected chi connectivity index (χ3v) is 3.06. The zero-order chi connectivity index (χ0) is 10.7. The van der Waals surface area contributed by atoms with E-state index < -0.39 is 5.69 Å². The van der Waals surface area contributed by atoms with Gasteiger partial charge in [0.1, 0.15) is 4.64 Å². The summed E-state index contributed by atoms with van der Waals surface area (Å²) in [5, 5.41) is 6.77. The van der Waals surface area contributed by atoms with Crippen LogP contribution in [0.3, 0.4) is 0 Å². The van der Waals surface area contributed by atoms with Crippen LogP contribution in [-0.4, -0.2) is 15.2 Å². The molecule has 76 valence electrons. The molecule has 0 saturated carbocycles. The van der Waals surface area contributed by atoms with E-state index in [2.05, 4.69) is 15.2 Å². The molecule has 2 aromatic rings. The van der Waals surface area contributed by atoms with Crippen molar-refractivity contribution in [2.24, 2.45) is 0 Å². The van der Waals surface area contributed by atoms with Gasteiger partial charge in [-0.05, 0) is 12.1 Å². The lowest BCUT2D eigenvalue weighted by Gasteiger charge is -1.98. The predicted molar refractivity (Wildman–Crippen MR) is 60.6 cm³/mol. The first-order chi connectivity index (χ1) is 7.25. The molecular weight excluding hydrogens is 230 g/mol. The molecule has 0 amide bonds. The Kier molecular flexibility index (Phi) is 2.98. The average molecular weight is 237 g/mol. The lowest BCUT2D eigenvalue weighted by atomic mass is 10.4. The van der Waals surface area contributed by atoms with Crippen LogP contribution in [0.4, 0.5) is 0 Å². The standard InChI is InChI=1S/C9H7N3OS2/c13-9-10-7(14)8(11-12-9)15-6-4-2-1-3-5-6/h1-5H,(H2,10,12,13,14). The maximum Gasteiger partial charge on any atom is 0.340 e. The molecule has 0 atom stereocenters. The van der Waals surface area contributed by atoms with E-state index in [1.165, 1.54) is 11.8 Å². The van der Waals surface area contributed by atoms with Gasteiger partial charge < -0.3 is 0 Å². The number of benzene rings is 1. The maximum absolute atomic E-state index is 10.8. The molecule has 0 aliphatic carbocycles. The molecule has 0 saturated heterocycles. The summed E-state index contributed by atoms with van der Waals surface area (Å²) in [5.74, 6) is 0. The fraction of sp³-hybridized carbons (Fsp3) is 0. The van der Waals surface area contributed by atoms with E-state index in [-0.39, 0.29) is 0 Å². The van der Waals surface area contributed by atoms with Gasteiger partial charge in [-0.25, -0.2) is 9.89 Å². The third kappa shape index (κ3) is 2.54. The van der Waals surface area contributed by atoms with Gasteiger partial charge in [-0.3, -0.25) is 4.98 Å². The Hall–Kier alpha value is -1.40. The highest BCUT2D eigenvalue weighted by Crippen LogP contribution is 2.24. The monoisotopic (exact) mass is 237 g/mol. The molecule has 0 bridgehead atoms. The molecule has 1 aromatic heterocycles. The number of aromatic nitrogens is 3. The van der Waals surface area contributed by atoms with Gasteiger partial charge in [-0.1, -0.05) is 42.2 Å². The minimum atomic E-state index is -0.391. The van der Waals surface area contributed by atoms with Crippen molar-refractivity contribution in [3.05, 3.63) is 45.5 Å². The van der Waals surface area contributed by atoms with Gasteiger partial charge in [-0.2, -0.15) is 5.10 Å². The lowest BCUT2D eigenvalue weighted by Crippen LogP contribution is -2.12. The summed E-state index contributed by atoms with van der Waals surface area (Å²) in [6.45, 7) is 0. The van der Waals surface area contributed by atoms with Crippen molar-refractivity contribution < 1.29 is 0 Å². The Bertz CT molecular complexity index is 561. The lowest BCUT2D eigenvalue weighted by molar-refractivity contribution is 0.825. The highest BCUT2D eigenvalue weighted by Gasteiger charge is 2.01. The molecule has 2 rings (SSSR count). The van der Waals surface area contributed by atoms with Gasteiger partial charge in [0.15, 0.2) is 5.03 Å². The maximum atomic E-state index is 10.8. The first-order valence-electron chi connectivity index (χ1n) is 4.17. The molecule has 0 unspecified atom stereocenters. The van der Waals surface area contributed by atoms with Gasteiger partial charge in [0.25, 0.3) is 0 Å². The summed E-state index contributed by atoms with van der Waals surface area (Å²) in [6.07, 6.45) is 0. The van der Waals surface area contributed by atoms with Crippen LogP contribution in [-0.2, 0) is 0 Å². The quantitative estimate of drug-likeness (QED) is 0.784. The zero-order valence-electron chi connectivity index (χ0n) is 7.56. The van der Waals surface area contributed by atoms with Crippen molar-refractivity contribution in [3.8, 4) is 0 Å². The smallest absolute Gasteiger partial charge is 0.295 e. The second kappa shape index (κ2) is 4.41. The van der Waals surface area contributed by atoms with E-state index in [9.17, 15) is 4.79 Å². The Morgan fingerprint density at radius 1 is 1.27 bits per heavy atom. The van der Waals surface area contributed by atoms with Crippen LogP contribution in [0, 0.1) is 4.64 Å². The van der Waals surface area contributed by atoms with E-state index in [1.54, 1.807) is 0 Å². The van der Waals surface area contributed by atoms with Gasteiger partial charge in [-0.15, -0.1) is 0 Å². The van der Waals surface area contributed by atoms with Crippen LogP contribution in [0.5, 0.6) is 0 Å². The topological polar surface area (TPSA) is 61.5 Å². The highest BCUT2D eigenvalue weighted by atomic mass is 32.2. The average Bonchev–Trinajstić information content (AvgIpc) is 2.24. The SMILES string of the molecule is O=c1[nH]nc(Sc2ccccc2)c(=S)[nH]1. The van der Waals surface area contributed by atoms with E-state index in [0.717, 1.165) is 4.90 Å². The molecule has 6 heteroatoms. The Balaban J connectivity index is 2.33. The Morgan fingerprint density at radius 3 is 2.67 bits per heavy atom. The molecule has 0 fully saturated rings. The molecule has 0 spiro atoms. The normalized spacial score (nSPS) is 10.1. The van der Waals surface area contributed by atoms with Crippen LogP contribution < -0.4 is 5.69 Å². The van der Waals surface area contributed by atoms with Crippen molar-refractivity contribution in [2.45, 2.75) is 9.92 Å². The molecule has 2 N–H and O–H groups in total. The van der Waals surface area contributed by atoms with Crippen LogP contribution in [0.15, 0.2) is 45.0 Å². The molecule has 4 nitrogen and oxygen atoms in total. The highest BCUT2D eigenvalue weighted by molar-refractivity contribution is 7.99. The number of hydrogen-bond donors (Lipinski definition) is 2. The minimum absolute atomic E-state index is 0.354. The summed E-state index contributed by atoms with van der Waals surface area (Å²) >= 11 is 6.39. The van der Waals surface area contributed by atoms with E-state index in [0.29, 0.717) is 9.67 Å². The van der Waals surface area contributed by atoms with E-state index in [1.807, 2.05) is 30.3 Å². The second-order valence-corrected chi connectivity index (χ2v) is 4.20. The molecular formula is C9H7N3OS2. The number of hydrogen-bond acceptors (Lipinski definition) is 4. The third-order valence-electron chi connectivity index (χ3n) is 1.64. The van der Waals surface area contributed by atoms with Gasteiger partial charge in [0, 0.05) is 4.90 Å².